The number of rotatable bonds is 4. The van der Waals surface area contributed by atoms with Crippen LogP contribution in [0, 0.1) is 0 Å². The van der Waals surface area contributed by atoms with E-state index in [1.54, 1.807) is 0 Å². The molecule has 2 nitrogen and oxygen atoms in total. The lowest BCUT2D eigenvalue weighted by molar-refractivity contribution is -0.162. The minimum absolute atomic E-state index is 0.0694. The molecule has 0 aromatic heterocycles. The fraction of sp³-hybridized carbons (Fsp3) is 0.222. The molecule has 0 radical (unpaired) electrons. The van der Waals surface area contributed by atoms with Crippen LogP contribution in [0.3, 0.4) is 0 Å². The lowest BCUT2D eigenvalue weighted by Crippen LogP contribution is -2.75. The number of β-lactam (4-membered cyclic amide) rings is 1. The highest BCUT2D eigenvalue weighted by molar-refractivity contribution is 6.01. The second-order valence-corrected chi connectivity index (χ2v) is 8.60. The third kappa shape index (κ3) is 3.19. The molecule has 1 saturated heterocycles. The summed E-state index contributed by atoms with van der Waals surface area (Å²) in [6, 6.07) is 30.6. The van der Waals surface area contributed by atoms with E-state index in [1.807, 2.05) is 59.5 Å². The van der Waals surface area contributed by atoms with Crippen LogP contribution in [0.4, 0.5) is 0 Å². The summed E-state index contributed by atoms with van der Waals surface area (Å²) in [5.41, 5.74) is 2.24. The van der Waals surface area contributed by atoms with E-state index in [9.17, 15) is 4.79 Å². The average Bonchev–Trinajstić information content (AvgIpc) is 2.72. The van der Waals surface area contributed by atoms with Crippen molar-refractivity contribution in [2.24, 2.45) is 0 Å². The molecule has 1 fully saturated rings. The highest BCUT2D eigenvalue weighted by atomic mass is 16.2. The third-order valence-corrected chi connectivity index (χ3v) is 5.73. The molecule has 0 spiro atoms. The molecular weight excluding hydrogens is 354 g/mol. The van der Waals surface area contributed by atoms with Gasteiger partial charge < -0.3 is 4.90 Å². The molecule has 29 heavy (non-hydrogen) atoms. The minimum atomic E-state index is -0.707. The van der Waals surface area contributed by atoms with E-state index in [-0.39, 0.29) is 17.5 Å². The molecule has 4 rings (SSSR count). The lowest BCUT2D eigenvalue weighted by Gasteiger charge is -2.60. The zero-order valence-electron chi connectivity index (χ0n) is 17.2. The predicted octanol–water partition coefficient (Wildman–Crippen LogP) is 5.70. The first-order valence-electron chi connectivity index (χ1n) is 10.1. The van der Waals surface area contributed by atoms with Crippen molar-refractivity contribution in [3.63, 3.8) is 0 Å². The molecule has 1 aliphatic heterocycles. The zero-order valence-corrected chi connectivity index (χ0v) is 17.2. The van der Waals surface area contributed by atoms with Gasteiger partial charge in [0.1, 0.15) is 5.41 Å². The summed E-state index contributed by atoms with van der Waals surface area (Å²) in [4.78, 5) is 15.9. The molecule has 1 atom stereocenters. The fourth-order valence-electron chi connectivity index (χ4n) is 4.45. The molecular formula is C27H27NO. The summed E-state index contributed by atoms with van der Waals surface area (Å²) in [6.07, 6.45) is 4.33. The smallest absolute Gasteiger partial charge is 0.241 e. The van der Waals surface area contributed by atoms with Gasteiger partial charge >= 0.3 is 0 Å². The van der Waals surface area contributed by atoms with Crippen LogP contribution in [0.1, 0.15) is 37.5 Å². The predicted molar refractivity (Wildman–Crippen MR) is 120 cm³/mol. The van der Waals surface area contributed by atoms with Crippen LogP contribution in [0.2, 0.25) is 0 Å². The van der Waals surface area contributed by atoms with E-state index in [4.69, 9.17) is 0 Å². The van der Waals surface area contributed by atoms with E-state index >= 15 is 0 Å². The van der Waals surface area contributed by atoms with Gasteiger partial charge in [-0.15, -0.1) is 0 Å². The molecule has 0 bridgehead atoms. The summed E-state index contributed by atoms with van der Waals surface area (Å²) < 4.78 is 0. The Bertz CT molecular complexity index is 961. The number of amides is 1. The number of carbonyl (C=O) groups is 1. The van der Waals surface area contributed by atoms with Gasteiger partial charge in [-0.2, -0.15) is 0 Å². The maximum atomic E-state index is 13.8. The van der Waals surface area contributed by atoms with Gasteiger partial charge in [0, 0.05) is 5.54 Å². The Morgan fingerprint density at radius 3 is 1.66 bits per heavy atom. The van der Waals surface area contributed by atoms with Crippen LogP contribution >= 0.6 is 0 Å². The largest absolute Gasteiger partial charge is 0.328 e. The van der Waals surface area contributed by atoms with E-state index in [0.717, 1.165) is 16.7 Å². The van der Waals surface area contributed by atoms with Gasteiger partial charge in [-0.1, -0.05) is 103 Å². The van der Waals surface area contributed by atoms with Crippen molar-refractivity contribution in [3.05, 3.63) is 114 Å². The second-order valence-electron chi connectivity index (χ2n) is 8.60. The van der Waals surface area contributed by atoms with Crippen molar-refractivity contribution in [3.8, 4) is 0 Å². The normalized spacial score (nSPS) is 18.7. The summed E-state index contributed by atoms with van der Waals surface area (Å²) in [5, 5.41) is 0. The third-order valence-electron chi connectivity index (χ3n) is 5.73. The van der Waals surface area contributed by atoms with E-state index in [0.29, 0.717) is 0 Å². The number of hydrogen-bond donors (Lipinski definition) is 0. The van der Waals surface area contributed by atoms with Crippen LogP contribution in [-0.2, 0) is 10.2 Å². The van der Waals surface area contributed by atoms with Crippen LogP contribution < -0.4 is 0 Å². The maximum Gasteiger partial charge on any atom is 0.241 e. The molecule has 146 valence electrons. The van der Waals surface area contributed by atoms with Crippen molar-refractivity contribution in [1.82, 2.24) is 4.90 Å². The maximum absolute atomic E-state index is 13.8. The summed E-state index contributed by atoms with van der Waals surface area (Å²) in [7, 11) is 0. The Kier molecular flexibility index (Phi) is 4.87. The number of benzene rings is 3. The van der Waals surface area contributed by atoms with Gasteiger partial charge in [0.2, 0.25) is 5.91 Å². The molecule has 0 aliphatic carbocycles. The highest BCUT2D eigenvalue weighted by Crippen LogP contribution is 2.51. The lowest BCUT2D eigenvalue weighted by atomic mass is 9.60. The molecule has 2 heteroatoms. The zero-order chi connectivity index (χ0) is 20.5. The first kappa shape index (κ1) is 19.2. The van der Waals surface area contributed by atoms with Crippen LogP contribution in [-0.4, -0.2) is 22.4 Å². The first-order valence-corrected chi connectivity index (χ1v) is 10.1. The molecule has 0 saturated carbocycles. The average molecular weight is 382 g/mol. The van der Waals surface area contributed by atoms with Crippen molar-refractivity contribution in [1.29, 1.82) is 0 Å². The van der Waals surface area contributed by atoms with Crippen molar-refractivity contribution < 1.29 is 4.79 Å². The van der Waals surface area contributed by atoms with Gasteiger partial charge in [-0.25, -0.2) is 0 Å². The number of carbonyl (C=O) groups excluding carboxylic acids is 1. The molecule has 1 unspecified atom stereocenters. The monoisotopic (exact) mass is 381 g/mol. The Labute approximate surface area is 173 Å². The molecule has 1 aliphatic rings. The van der Waals surface area contributed by atoms with Crippen LogP contribution in [0.15, 0.2) is 97.1 Å². The summed E-state index contributed by atoms with van der Waals surface area (Å²) in [6.45, 7) is 6.32. The Morgan fingerprint density at radius 1 is 0.759 bits per heavy atom. The van der Waals surface area contributed by atoms with Gasteiger partial charge in [0.15, 0.2) is 0 Å². The Morgan fingerprint density at radius 2 is 1.21 bits per heavy atom. The van der Waals surface area contributed by atoms with E-state index in [2.05, 4.69) is 69.3 Å². The fourth-order valence-corrected chi connectivity index (χ4v) is 4.45. The van der Waals surface area contributed by atoms with Gasteiger partial charge in [0.25, 0.3) is 0 Å². The molecule has 1 amide bonds. The number of nitrogens with zero attached hydrogens (tertiary/aromatic N) is 1. The van der Waals surface area contributed by atoms with Crippen molar-refractivity contribution in [2.75, 3.05) is 0 Å². The molecule has 0 N–H and O–H groups in total. The molecule has 3 aromatic rings. The summed E-state index contributed by atoms with van der Waals surface area (Å²) in [5.74, 6) is 0.158. The Balaban J connectivity index is 1.90. The topological polar surface area (TPSA) is 20.3 Å². The Hall–Kier alpha value is -3.13. The SMILES string of the molecule is CC(C)(C)N1C(=O)C(c2ccccc2)(c2ccccc2)C1/C=C/c1ccccc1. The van der Waals surface area contributed by atoms with Gasteiger partial charge in [-0.05, 0) is 37.5 Å². The minimum Gasteiger partial charge on any atom is -0.328 e. The molecule has 3 aromatic carbocycles. The van der Waals surface area contributed by atoms with Crippen molar-refractivity contribution in [2.45, 2.75) is 37.8 Å². The van der Waals surface area contributed by atoms with E-state index < -0.39 is 5.41 Å². The van der Waals surface area contributed by atoms with Gasteiger partial charge in [0.05, 0.1) is 6.04 Å². The number of likely N-dealkylation sites (tertiary alicyclic amines) is 1. The first-order chi connectivity index (χ1) is 14.0. The standard InChI is InChI=1S/C27H27NO/c1-26(2,3)28-24(20-19-21-13-7-4-8-14-21)27(25(28)29,22-15-9-5-10-16-22)23-17-11-6-12-18-23/h4-20,24H,1-3H3/b20-19+. The highest BCUT2D eigenvalue weighted by Gasteiger charge is 2.63. The number of hydrogen-bond acceptors (Lipinski definition) is 1. The quantitative estimate of drug-likeness (QED) is 0.531. The van der Waals surface area contributed by atoms with Crippen molar-refractivity contribution >= 4 is 12.0 Å². The second kappa shape index (κ2) is 7.36. The van der Waals surface area contributed by atoms with E-state index in [1.165, 1.54) is 0 Å². The molecule has 1 heterocycles. The summed E-state index contributed by atoms with van der Waals surface area (Å²) >= 11 is 0. The van der Waals surface area contributed by atoms with Gasteiger partial charge in [-0.3, -0.25) is 4.79 Å². The van der Waals surface area contributed by atoms with Crippen LogP contribution in [0.25, 0.3) is 6.08 Å². The van der Waals surface area contributed by atoms with Crippen LogP contribution in [0.5, 0.6) is 0 Å².